The second-order valence-electron chi connectivity index (χ2n) is 5.13. The third-order valence-corrected chi connectivity index (χ3v) is 6.41. The monoisotopic (exact) mass is 364 g/mol. The van der Waals surface area contributed by atoms with Gasteiger partial charge in [-0.05, 0) is 17.2 Å². The summed E-state index contributed by atoms with van der Waals surface area (Å²) in [6.07, 6.45) is -0.0878. The number of hydrogen-bond donors (Lipinski definition) is 1. The van der Waals surface area contributed by atoms with Gasteiger partial charge in [0.2, 0.25) is 0 Å². The van der Waals surface area contributed by atoms with Crippen LogP contribution in [0.15, 0.2) is 53.4 Å². The van der Waals surface area contributed by atoms with Crippen molar-refractivity contribution >= 4 is 32.7 Å². The molecule has 0 amide bonds. The summed E-state index contributed by atoms with van der Waals surface area (Å²) < 4.78 is 25.0. The maximum absolute atomic E-state index is 12.5. The van der Waals surface area contributed by atoms with Crippen LogP contribution in [0.4, 0.5) is 0 Å². The van der Waals surface area contributed by atoms with Crippen LogP contribution in [0.3, 0.4) is 0 Å². The molecule has 2 aromatic rings. The molecule has 2 aromatic carbocycles. The predicted octanol–water partition coefficient (Wildman–Crippen LogP) is 2.99. The SMILES string of the molecule is CC(=O)SCS(=O)(=O)c1ccccc1-c1ccc(CC(=O)O)cc1. The van der Waals surface area contributed by atoms with Gasteiger partial charge in [-0.2, -0.15) is 0 Å². The van der Waals surface area contributed by atoms with Gasteiger partial charge < -0.3 is 5.11 Å². The first-order valence-electron chi connectivity index (χ1n) is 7.06. The normalized spacial score (nSPS) is 11.2. The zero-order valence-electron chi connectivity index (χ0n) is 12.9. The van der Waals surface area contributed by atoms with Crippen molar-refractivity contribution in [1.82, 2.24) is 0 Å². The molecule has 0 aliphatic rings. The van der Waals surface area contributed by atoms with E-state index in [1.54, 1.807) is 42.5 Å². The van der Waals surface area contributed by atoms with Crippen LogP contribution < -0.4 is 0 Å². The Morgan fingerprint density at radius 1 is 1.04 bits per heavy atom. The second-order valence-corrected chi connectivity index (χ2v) is 8.61. The summed E-state index contributed by atoms with van der Waals surface area (Å²) >= 11 is 0.754. The zero-order valence-corrected chi connectivity index (χ0v) is 14.6. The van der Waals surface area contributed by atoms with Gasteiger partial charge in [0.25, 0.3) is 0 Å². The maximum atomic E-state index is 12.5. The molecule has 0 heterocycles. The highest BCUT2D eigenvalue weighted by Crippen LogP contribution is 2.29. The van der Waals surface area contributed by atoms with E-state index in [-0.39, 0.29) is 21.5 Å². The molecule has 0 saturated carbocycles. The number of carboxylic acid groups (broad SMARTS) is 1. The minimum absolute atomic E-state index is 0.0878. The molecule has 0 fully saturated rings. The largest absolute Gasteiger partial charge is 0.481 e. The molecule has 0 bridgehead atoms. The van der Waals surface area contributed by atoms with E-state index in [9.17, 15) is 18.0 Å². The summed E-state index contributed by atoms with van der Waals surface area (Å²) in [5, 5.41) is 8.23. The fraction of sp³-hybridized carbons (Fsp3) is 0.176. The number of carbonyl (C=O) groups is 2. The van der Waals surface area contributed by atoms with Crippen LogP contribution in [-0.4, -0.2) is 29.7 Å². The van der Waals surface area contributed by atoms with Gasteiger partial charge in [0.15, 0.2) is 15.0 Å². The first-order chi connectivity index (χ1) is 11.3. The Kier molecular flexibility index (Phi) is 5.80. The molecule has 0 aromatic heterocycles. The molecule has 7 heteroatoms. The van der Waals surface area contributed by atoms with E-state index >= 15 is 0 Å². The summed E-state index contributed by atoms with van der Waals surface area (Å²) in [4.78, 5) is 21.9. The lowest BCUT2D eigenvalue weighted by atomic mass is 10.0. The molecule has 0 atom stereocenters. The lowest BCUT2D eigenvalue weighted by molar-refractivity contribution is -0.136. The van der Waals surface area contributed by atoms with Crippen LogP contribution >= 0.6 is 11.8 Å². The highest BCUT2D eigenvalue weighted by atomic mass is 32.3. The average Bonchev–Trinajstić information content (AvgIpc) is 2.53. The van der Waals surface area contributed by atoms with Gasteiger partial charge in [-0.3, -0.25) is 9.59 Å². The highest BCUT2D eigenvalue weighted by Gasteiger charge is 2.20. The Balaban J connectivity index is 2.38. The molecule has 0 aliphatic heterocycles. The molecule has 2 rings (SSSR count). The summed E-state index contributed by atoms with van der Waals surface area (Å²) in [6.45, 7) is 1.33. The van der Waals surface area contributed by atoms with Crippen molar-refractivity contribution in [3.63, 3.8) is 0 Å². The number of carboxylic acids is 1. The van der Waals surface area contributed by atoms with Gasteiger partial charge in [-0.15, -0.1) is 0 Å². The van der Waals surface area contributed by atoms with Crippen molar-refractivity contribution in [2.45, 2.75) is 18.2 Å². The summed E-state index contributed by atoms with van der Waals surface area (Å²) in [5.41, 5.74) is 1.85. The van der Waals surface area contributed by atoms with E-state index in [2.05, 4.69) is 0 Å². The molecule has 1 N–H and O–H groups in total. The van der Waals surface area contributed by atoms with Crippen LogP contribution in [0, 0.1) is 0 Å². The molecule has 5 nitrogen and oxygen atoms in total. The fourth-order valence-electron chi connectivity index (χ4n) is 2.18. The Bertz CT molecular complexity index is 855. The third kappa shape index (κ3) is 4.69. The van der Waals surface area contributed by atoms with E-state index in [0.717, 1.165) is 11.8 Å². The van der Waals surface area contributed by atoms with Crippen LogP contribution in [0.25, 0.3) is 11.1 Å². The van der Waals surface area contributed by atoms with Gasteiger partial charge in [0.1, 0.15) is 5.08 Å². The number of thioether (sulfide) groups is 1. The van der Waals surface area contributed by atoms with Crippen molar-refractivity contribution in [1.29, 1.82) is 0 Å². The minimum atomic E-state index is -3.62. The van der Waals surface area contributed by atoms with Crippen LogP contribution in [-0.2, 0) is 25.8 Å². The Morgan fingerprint density at radius 2 is 1.67 bits per heavy atom. The van der Waals surface area contributed by atoms with Crippen molar-refractivity contribution in [2.24, 2.45) is 0 Å². The molecular weight excluding hydrogens is 348 g/mol. The number of hydrogen-bond acceptors (Lipinski definition) is 5. The molecule has 0 aliphatic carbocycles. The first-order valence-corrected chi connectivity index (χ1v) is 9.69. The number of benzene rings is 2. The molecule has 0 saturated heterocycles. The molecule has 0 spiro atoms. The highest BCUT2D eigenvalue weighted by molar-refractivity contribution is 8.21. The van der Waals surface area contributed by atoms with E-state index in [0.29, 0.717) is 16.7 Å². The van der Waals surface area contributed by atoms with E-state index in [1.807, 2.05) is 0 Å². The van der Waals surface area contributed by atoms with E-state index in [4.69, 9.17) is 5.11 Å². The van der Waals surface area contributed by atoms with Gasteiger partial charge in [0.05, 0.1) is 11.3 Å². The number of sulfone groups is 1. The first kappa shape index (κ1) is 18.2. The Hall–Kier alpha value is -2.12. The predicted molar refractivity (Wildman–Crippen MR) is 93.5 cm³/mol. The third-order valence-electron chi connectivity index (χ3n) is 3.26. The van der Waals surface area contributed by atoms with Gasteiger partial charge in [-0.25, -0.2) is 8.42 Å². The zero-order chi connectivity index (χ0) is 17.7. The van der Waals surface area contributed by atoms with Crippen LogP contribution in [0.2, 0.25) is 0 Å². The van der Waals surface area contributed by atoms with Crippen molar-refractivity contribution in [3.8, 4) is 11.1 Å². The van der Waals surface area contributed by atoms with Crippen LogP contribution in [0.5, 0.6) is 0 Å². The van der Waals surface area contributed by atoms with E-state index in [1.165, 1.54) is 13.0 Å². The molecule has 24 heavy (non-hydrogen) atoms. The van der Waals surface area contributed by atoms with Crippen molar-refractivity contribution < 1.29 is 23.1 Å². The smallest absolute Gasteiger partial charge is 0.307 e. The molecule has 126 valence electrons. The lowest BCUT2D eigenvalue weighted by Crippen LogP contribution is -2.07. The summed E-state index contributed by atoms with van der Waals surface area (Å²) in [5.74, 6) is -0.924. The maximum Gasteiger partial charge on any atom is 0.307 e. The topological polar surface area (TPSA) is 88.5 Å². The quantitative estimate of drug-likeness (QED) is 0.848. The molecule has 0 radical (unpaired) electrons. The molecular formula is C17H16O5S2. The number of carbonyl (C=O) groups excluding carboxylic acids is 1. The van der Waals surface area contributed by atoms with Gasteiger partial charge >= 0.3 is 5.97 Å². The van der Waals surface area contributed by atoms with Crippen LogP contribution in [0.1, 0.15) is 12.5 Å². The lowest BCUT2D eigenvalue weighted by Gasteiger charge is -2.10. The minimum Gasteiger partial charge on any atom is -0.481 e. The Labute approximate surface area is 144 Å². The van der Waals surface area contributed by atoms with Gasteiger partial charge in [0, 0.05) is 12.5 Å². The standard InChI is InChI=1S/C17H16O5S2/c1-12(18)23-11-24(21,22)16-5-3-2-4-15(16)14-8-6-13(7-9-14)10-17(19)20/h2-9H,10-11H2,1H3,(H,19,20). The van der Waals surface area contributed by atoms with Gasteiger partial charge in [-0.1, -0.05) is 54.2 Å². The number of rotatable bonds is 6. The Morgan fingerprint density at radius 3 is 2.25 bits per heavy atom. The number of aliphatic carboxylic acids is 1. The fourth-order valence-corrected chi connectivity index (χ4v) is 4.78. The molecule has 0 unspecified atom stereocenters. The summed E-state index contributed by atoms with van der Waals surface area (Å²) in [7, 11) is -3.62. The summed E-state index contributed by atoms with van der Waals surface area (Å²) in [6, 6.07) is 13.3. The average molecular weight is 364 g/mol. The van der Waals surface area contributed by atoms with Crippen molar-refractivity contribution in [2.75, 3.05) is 5.08 Å². The van der Waals surface area contributed by atoms with E-state index < -0.39 is 15.8 Å². The second kappa shape index (κ2) is 7.63. The van der Waals surface area contributed by atoms with Crippen molar-refractivity contribution in [3.05, 3.63) is 54.1 Å².